The van der Waals surface area contributed by atoms with Crippen LogP contribution in [0, 0.1) is 0 Å². The molecule has 0 aliphatic heterocycles. The van der Waals surface area contributed by atoms with Crippen LogP contribution in [0.15, 0.2) is 18.2 Å². The second kappa shape index (κ2) is 8.43. The number of carbonyl (C=O) groups is 1. The summed E-state index contributed by atoms with van der Waals surface area (Å²) in [6, 6.07) is 5.16. The molecule has 1 rings (SSSR count). The monoisotopic (exact) mass is 281 g/mol. The Hall–Kier alpha value is -1.75. The zero-order chi connectivity index (χ0) is 15.0. The molecular weight excluding hydrogens is 258 g/mol. The van der Waals surface area contributed by atoms with Gasteiger partial charge in [-0.05, 0) is 38.5 Å². The normalized spacial score (nSPS) is 10.4. The van der Waals surface area contributed by atoms with Crippen molar-refractivity contribution in [2.45, 2.75) is 26.4 Å². The summed E-state index contributed by atoms with van der Waals surface area (Å²) in [5.41, 5.74) is 0.551. The van der Waals surface area contributed by atoms with Gasteiger partial charge in [-0.1, -0.05) is 0 Å². The van der Waals surface area contributed by atoms with Gasteiger partial charge in [-0.15, -0.1) is 0 Å². The first-order chi connectivity index (χ1) is 9.58. The Balaban J connectivity index is 2.69. The van der Waals surface area contributed by atoms with Gasteiger partial charge < -0.3 is 19.5 Å². The van der Waals surface area contributed by atoms with Crippen LogP contribution in [-0.4, -0.2) is 39.4 Å². The fraction of sp³-hybridized carbons (Fsp3) is 0.533. The third-order valence-electron chi connectivity index (χ3n) is 2.60. The third-order valence-corrected chi connectivity index (χ3v) is 2.60. The van der Waals surface area contributed by atoms with Gasteiger partial charge >= 0.3 is 0 Å². The number of hydrogen-bond donors (Lipinski definition) is 1. The molecule has 0 fully saturated rings. The molecule has 0 heterocycles. The molecule has 20 heavy (non-hydrogen) atoms. The highest BCUT2D eigenvalue weighted by Crippen LogP contribution is 2.28. The van der Waals surface area contributed by atoms with E-state index in [-0.39, 0.29) is 12.0 Å². The molecule has 0 atom stereocenters. The minimum absolute atomic E-state index is 0.0534. The van der Waals surface area contributed by atoms with E-state index in [0.29, 0.717) is 30.2 Å². The highest BCUT2D eigenvalue weighted by atomic mass is 16.5. The zero-order valence-corrected chi connectivity index (χ0v) is 12.6. The number of rotatable bonds is 8. The number of ether oxygens (including phenoxy) is 3. The minimum Gasteiger partial charge on any atom is -0.493 e. The average molecular weight is 281 g/mol. The Morgan fingerprint density at radius 2 is 2.00 bits per heavy atom. The second-order valence-corrected chi connectivity index (χ2v) is 4.63. The molecule has 0 aliphatic rings. The van der Waals surface area contributed by atoms with Crippen LogP contribution >= 0.6 is 0 Å². The van der Waals surface area contributed by atoms with Crippen molar-refractivity contribution >= 4 is 5.91 Å². The van der Waals surface area contributed by atoms with E-state index in [1.165, 1.54) is 0 Å². The van der Waals surface area contributed by atoms with E-state index in [0.717, 1.165) is 6.42 Å². The number of methoxy groups -OCH3 is 2. The minimum atomic E-state index is -0.129. The summed E-state index contributed by atoms with van der Waals surface area (Å²) in [4.78, 5) is 12.0. The van der Waals surface area contributed by atoms with Gasteiger partial charge in [-0.25, -0.2) is 0 Å². The SMILES string of the molecule is COCCCNC(=O)c1ccc(OC(C)C)c(OC)c1. The van der Waals surface area contributed by atoms with E-state index in [1.807, 2.05) is 13.8 Å². The van der Waals surface area contributed by atoms with Gasteiger partial charge in [0.25, 0.3) is 5.91 Å². The number of carbonyl (C=O) groups excluding carboxylic acids is 1. The highest BCUT2D eigenvalue weighted by Gasteiger charge is 2.11. The lowest BCUT2D eigenvalue weighted by molar-refractivity contribution is 0.0948. The molecule has 0 aromatic heterocycles. The number of nitrogens with one attached hydrogen (secondary N) is 1. The van der Waals surface area contributed by atoms with Crippen molar-refractivity contribution < 1.29 is 19.0 Å². The van der Waals surface area contributed by atoms with Crippen molar-refractivity contribution in [1.29, 1.82) is 0 Å². The molecule has 5 nitrogen and oxygen atoms in total. The van der Waals surface area contributed by atoms with E-state index in [9.17, 15) is 4.79 Å². The summed E-state index contributed by atoms with van der Waals surface area (Å²) in [6.45, 7) is 5.09. The average Bonchev–Trinajstić information content (AvgIpc) is 2.43. The molecule has 5 heteroatoms. The Labute approximate surface area is 120 Å². The first-order valence-electron chi connectivity index (χ1n) is 6.70. The Kier molecular flexibility index (Phi) is 6.87. The molecule has 0 aliphatic carbocycles. The topological polar surface area (TPSA) is 56.8 Å². The van der Waals surface area contributed by atoms with Gasteiger partial charge in [-0.3, -0.25) is 4.79 Å². The van der Waals surface area contributed by atoms with E-state index in [1.54, 1.807) is 32.4 Å². The van der Waals surface area contributed by atoms with Gasteiger partial charge in [0.15, 0.2) is 11.5 Å². The van der Waals surface area contributed by atoms with Crippen LogP contribution in [-0.2, 0) is 4.74 Å². The van der Waals surface area contributed by atoms with Crippen LogP contribution in [0.3, 0.4) is 0 Å². The summed E-state index contributed by atoms with van der Waals surface area (Å²) < 4.78 is 15.8. The van der Waals surface area contributed by atoms with Crippen molar-refractivity contribution in [2.75, 3.05) is 27.4 Å². The van der Waals surface area contributed by atoms with Gasteiger partial charge in [0, 0.05) is 25.8 Å². The molecule has 0 bridgehead atoms. The highest BCUT2D eigenvalue weighted by molar-refractivity contribution is 5.94. The van der Waals surface area contributed by atoms with Crippen LogP contribution in [0.5, 0.6) is 11.5 Å². The molecule has 1 aromatic carbocycles. The lowest BCUT2D eigenvalue weighted by atomic mass is 10.2. The summed E-state index contributed by atoms with van der Waals surface area (Å²) >= 11 is 0. The van der Waals surface area contributed by atoms with E-state index in [2.05, 4.69) is 5.32 Å². The van der Waals surface area contributed by atoms with Crippen LogP contribution in [0.25, 0.3) is 0 Å². The van der Waals surface area contributed by atoms with Gasteiger partial charge in [-0.2, -0.15) is 0 Å². The molecule has 1 aromatic rings. The van der Waals surface area contributed by atoms with Crippen molar-refractivity contribution in [3.05, 3.63) is 23.8 Å². The Morgan fingerprint density at radius 1 is 1.25 bits per heavy atom. The summed E-state index contributed by atoms with van der Waals surface area (Å²) in [7, 11) is 3.20. The first kappa shape index (κ1) is 16.3. The van der Waals surface area contributed by atoms with Crippen molar-refractivity contribution in [1.82, 2.24) is 5.32 Å². The maximum absolute atomic E-state index is 12.0. The lowest BCUT2D eigenvalue weighted by Crippen LogP contribution is -2.25. The van der Waals surface area contributed by atoms with Crippen LogP contribution in [0.1, 0.15) is 30.6 Å². The molecular formula is C15H23NO4. The summed E-state index contributed by atoms with van der Waals surface area (Å²) in [5, 5.41) is 2.83. The quantitative estimate of drug-likeness (QED) is 0.743. The Morgan fingerprint density at radius 3 is 2.60 bits per heavy atom. The molecule has 1 amide bonds. The van der Waals surface area contributed by atoms with Gasteiger partial charge in [0.1, 0.15) is 0 Å². The number of amides is 1. The molecule has 1 N–H and O–H groups in total. The van der Waals surface area contributed by atoms with Crippen LogP contribution in [0.4, 0.5) is 0 Å². The maximum atomic E-state index is 12.0. The molecule has 0 saturated carbocycles. The lowest BCUT2D eigenvalue weighted by Gasteiger charge is -2.14. The largest absolute Gasteiger partial charge is 0.493 e. The molecule has 0 unspecified atom stereocenters. The Bertz CT molecular complexity index is 432. The van der Waals surface area contributed by atoms with Crippen molar-refractivity contribution in [3.63, 3.8) is 0 Å². The number of benzene rings is 1. The molecule has 0 radical (unpaired) electrons. The maximum Gasteiger partial charge on any atom is 0.251 e. The predicted molar refractivity (Wildman–Crippen MR) is 77.6 cm³/mol. The molecule has 112 valence electrons. The summed E-state index contributed by atoms with van der Waals surface area (Å²) in [5.74, 6) is 1.07. The first-order valence-corrected chi connectivity index (χ1v) is 6.70. The van der Waals surface area contributed by atoms with Crippen molar-refractivity contribution in [2.24, 2.45) is 0 Å². The fourth-order valence-electron chi connectivity index (χ4n) is 1.68. The van der Waals surface area contributed by atoms with Gasteiger partial charge in [0.05, 0.1) is 13.2 Å². The number of hydrogen-bond acceptors (Lipinski definition) is 4. The van der Waals surface area contributed by atoms with Crippen LogP contribution in [0.2, 0.25) is 0 Å². The van der Waals surface area contributed by atoms with Crippen molar-refractivity contribution in [3.8, 4) is 11.5 Å². The second-order valence-electron chi connectivity index (χ2n) is 4.63. The summed E-state index contributed by atoms with van der Waals surface area (Å²) in [6.07, 6.45) is 0.839. The van der Waals surface area contributed by atoms with Crippen LogP contribution < -0.4 is 14.8 Å². The molecule has 0 saturated heterocycles. The van der Waals surface area contributed by atoms with Gasteiger partial charge in [0.2, 0.25) is 0 Å². The smallest absolute Gasteiger partial charge is 0.251 e. The van der Waals surface area contributed by atoms with E-state index in [4.69, 9.17) is 14.2 Å². The van der Waals surface area contributed by atoms with E-state index >= 15 is 0 Å². The molecule has 0 spiro atoms. The van der Waals surface area contributed by atoms with E-state index < -0.39 is 0 Å². The standard InChI is InChI=1S/C15H23NO4/c1-11(2)20-13-7-6-12(10-14(13)19-4)15(17)16-8-5-9-18-3/h6-7,10-11H,5,8-9H2,1-4H3,(H,16,17). The third kappa shape index (κ3) is 5.09. The zero-order valence-electron chi connectivity index (χ0n) is 12.6. The predicted octanol–water partition coefficient (Wildman–Crippen LogP) is 2.25. The fourth-order valence-corrected chi connectivity index (χ4v) is 1.68.